The average molecular weight is 269 g/mol. The Bertz CT molecular complexity index is 340. The fourth-order valence-corrected chi connectivity index (χ4v) is 2.43. The van der Waals surface area contributed by atoms with Gasteiger partial charge in [0.25, 0.3) is 0 Å². The maximum atomic E-state index is 11.7. The molecule has 0 radical (unpaired) electrons. The minimum atomic E-state index is 0.0875. The van der Waals surface area contributed by atoms with E-state index in [-0.39, 0.29) is 11.9 Å². The molecule has 1 amide bonds. The van der Waals surface area contributed by atoms with E-state index >= 15 is 0 Å². The van der Waals surface area contributed by atoms with Crippen molar-refractivity contribution in [2.75, 3.05) is 20.1 Å². The van der Waals surface area contributed by atoms with E-state index in [0.29, 0.717) is 13.0 Å². The SMILES string of the molecule is CCCNC(=O)CC(CN)N(C)Cc1ccsc1. The first-order chi connectivity index (χ1) is 8.67. The van der Waals surface area contributed by atoms with Crippen LogP contribution in [-0.4, -0.2) is 37.0 Å². The number of likely N-dealkylation sites (N-methyl/N-ethyl adjacent to an activating group) is 1. The van der Waals surface area contributed by atoms with Gasteiger partial charge in [0.2, 0.25) is 5.91 Å². The molecule has 0 fully saturated rings. The number of nitrogens with one attached hydrogen (secondary N) is 1. The summed E-state index contributed by atoms with van der Waals surface area (Å²) in [5.41, 5.74) is 7.03. The van der Waals surface area contributed by atoms with Crippen molar-refractivity contribution >= 4 is 17.2 Å². The van der Waals surface area contributed by atoms with Crippen molar-refractivity contribution in [3.8, 4) is 0 Å². The van der Waals surface area contributed by atoms with E-state index in [1.165, 1.54) is 5.56 Å². The van der Waals surface area contributed by atoms with Gasteiger partial charge in [-0.2, -0.15) is 11.3 Å². The quantitative estimate of drug-likeness (QED) is 0.750. The topological polar surface area (TPSA) is 58.4 Å². The molecule has 1 unspecified atom stereocenters. The van der Waals surface area contributed by atoms with Crippen LogP contribution < -0.4 is 11.1 Å². The molecule has 0 aromatic carbocycles. The van der Waals surface area contributed by atoms with Crippen LogP contribution in [0.25, 0.3) is 0 Å². The number of carbonyl (C=O) groups excluding carboxylic acids is 1. The molecule has 5 heteroatoms. The molecule has 1 rings (SSSR count). The fraction of sp³-hybridized carbons (Fsp3) is 0.615. The molecule has 0 bridgehead atoms. The van der Waals surface area contributed by atoms with Gasteiger partial charge in [0.1, 0.15) is 0 Å². The highest BCUT2D eigenvalue weighted by molar-refractivity contribution is 7.07. The van der Waals surface area contributed by atoms with Crippen molar-refractivity contribution in [2.24, 2.45) is 5.73 Å². The molecular formula is C13H23N3OS. The normalized spacial score (nSPS) is 12.7. The Balaban J connectivity index is 2.41. The molecule has 0 aliphatic rings. The van der Waals surface area contributed by atoms with Gasteiger partial charge in [-0.15, -0.1) is 0 Å². The molecule has 18 heavy (non-hydrogen) atoms. The number of rotatable bonds is 8. The van der Waals surface area contributed by atoms with Crippen LogP contribution >= 0.6 is 11.3 Å². The molecular weight excluding hydrogens is 246 g/mol. The van der Waals surface area contributed by atoms with Gasteiger partial charge in [-0.3, -0.25) is 9.69 Å². The lowest BCUT2D eigenvalue weighted by atomic mass is 10.1. The van der Waals surface area contributed by atoms with E-state index in [4.69, 9.17) is 5.73 Å². The van der Waals surface area contributed by atoms with E-state index in [0.717, 1.165) is 19.5 Å². The lowest BCUT2D eigenvalue weighted by molar-refractivity contribution is -0.122. The first-order valence-electron chi connectivity index (χ1n) is 6.35. The summed E-state index contributed by atoms with van der Waals surface area (Å²) in [7, 11) is 2.02. The third-order valence-corrected chi connectivity index (χ3v) is 3.63. The molecule has 1 atom stereocenters. The summed E-state index contributed by atoms with van der Waals surface area (Å²) in [6, 6.07) is 2.20. The maximum absolute atomic E-state index is 11.7. The Morgan fingerprint density at radius 1 is 1.61 bits per heavy atom. The average Bonchev–Trinajstić information content (AvgIpc) is 2.86. The summed E-state index contributed by atoms with van der Waals surface area (Å²) in [5.74, 6) is 0.0875. The minimum Gasteiger partial charge on any atom is -0.356 e. The highest BCUT2D eigenvalue weighted by atomic mass is 32.1. The van der Waals surface area contributed by atoms with E-state index in [2.05, 4.69) is 27.0 Å². The summed E-state index contributed by atoms with van der Waals surface area (Å²) in [6.07, 6.45) is 1.43. The van der Waals surface area contributed by atoms with E-state index < -0.39 is 0 Å². The van der Waals surface area contributed by atoms with E-state index in [1.807, 2.05) is 14.0 Å². The third kappa shape index (κ3) is 5.16. The second kappa shape index (κ2) is 8.24. The molecule has 1 aromatic rings. The predicted molar refractivity (Wildman–Crippen MR) is 76.5 cm³/mol. The van der Waals surface area contributed by atoms with Crippen molar-refractivity contribution in [2.45, 2.75) is 32.4 Å². The number of nitrogens with two attached hydrogens (primary N) is 1. The summed E-state index contributed by atoms with van der Waals surface area (Å²) < 4.78 is 0. The lowest BCUT2D eigenvalue weighted by Gasteiger charge is -2.26. The molecule has 0 spiro atoms. The van der Waals surface area contributed by atoms with Crippen molar-refractivity contribution in [3.63, 3.8) is 0 Å². The van der Waals surface area contributed by atoms with Crippen LogP contribution in [0.5, 0.6) is 0 Å². The van der Waals surface area contributed by atoms with Gasteiger partial charge in [0, 0.05) is 32.1 Å². The van der Waals surface area contributed by atoms with E-state index in [9.17, 15) is 4.79 Å². The minimum absolute atomic E-state index is 0.0875. The van der Waals surface area contributed by atoms with Crippen molar-refractivity contribution in [1.82, 2.24) is 10.2 Å². The molecule has 0 saturated heterocycles. The summed E-state index contributed by atoms with van der Waals surface area (Å²) in [6.45, 7) is 4.13. The summed E-state index contributed by atoms with van der Waals surface area (Å²) in [5, 5.41) is 7.08. The molecule has 0 aliphatic carbocycles. The summed E-state index contributed by atoms with van der Waals surface area (Å²) >= 11 is 1.69. The van der Waals surface area contributed by atoms with Gasteiger partial charge in [-0.05, 0) is 35.9 Å². The lowest BCUT2D eigenvalue weighted by Crippen LogP contribution is -2.41. The number of hydrogen-bond donors (Lipinski definition) is 2. The Hall–Kier alpha value is -0.910. The zero-order valence-electron chi connectivity index (χ0n) is 11.2. The third-order valence-electron chi connectivity index (χ3n) is 2.90. The Labute approximate surface area is 113 Å². The van der Waals surface area contributed by atoms with Crippen molar-refractivity contribution in [1.29, 1.82) is 0 Å². The zero-order valence-corrected chi connectivity index (χ0v) is 12.0. The van der Waals surface area contributed by atoms with Crippen LogP contribution in [-0.2, 0) is 11.3 Å². The Kier molecular flexibility index (Phi) is 6.93. The monoisotopic (exact) mass is 269 g/mol. The van der Waals surface area contributed by atoms with E-state index in [1.54, 1.807) is 11.3 Å². The van der Waals surface area contributed by atoms with Gasteiger partial charge < -0.3 is 11.1 Å². The van der Waals surface area contributed by atoms with Crippen LogP contribution in [0.15, 0.2) is 16.8 Å². The van der Waals surface area contributed by atoms with Gasteiger partial charge in [0.15, 0.2) is 0 Å². The highest BCUT2D eigenvalue weighted by Gasteiger charge is 2.17. The molecule has 102 valence electrons. The van der Waals surface area contributed by atoms with Crippen molar-refractivity contribution in [3.05, 3.63) is 22.4 Å². The maximum Gasteiger partial charge on any atom is 0.221 e. The molecule has 0 saturated carbocycles. The van der Waals surface area contributed by atoms with Gasteiger partial charge in [-0.1, -0.05) is 6.92 Å². The fourth-order valence-electron chi connectivity index (χ4n) is 1.77. The van der Waals surface area contributed by atoms with Crippen molar-refractivity contribution < 1.29 is 4.79 Å². The van der Waals surface area contributed by atoms with Crippen LogP contribution in [0.3, 0.4) is 0 Å². The molecule has 1 heterocycles. The van der Waals surface area contributed by atoms with Crippen LogP contribution in [0.1, 0.15) is 25.3 Å². The Morgan fingerprint density at radius 2 is 2.39 bits per heavy atom. The van der Waals surface area contributed by atoms with Gasteiger partial charge >= 0.3 is 0 Å². The second-order valence-corrected chi connectivity index (χ2v) is 5.27. The molecule has 0 aliphatic heterocycles. The predicted octanol–water partition coefficient (Wildman–Crippen LogP) is 1.42. The standard InChI is InChI=1S/C13H23N3OS/c1-3-5-15-13(17)7-12(8-14)16(2)9-11-4-6-18-10-11/h4,6,10,12H,3,5,7-9,14H2,1-2H3,(H,15,17). The van der Waals surface area contributed by atoms with Gasteiger partial charge in [0.05, 0.1) is 0 Å². The van der Waals surface area contributed by atoms with Crippen LogP contribution in [0.4, 0.5) is 0 Å². The second-order valence-electron chi connectivity index (χ2n) is 4.49. The first kappa shape index (κ1) is 15.1. The number of hydrogen-bond acceptors (Lipinski definition) is 4. The molecule has 4 nitrogen and oxygen atoms in total. The Morgan fingerprint density at radius 3 is 2.94 bits per heavy atom. The van der Waals surface area contributed by atoms with Crippen LogP contribution in [0.2, 0.25) is 0 Å². The largest absolute Gasteiger partial charge is 0.356 e. The number of carbonyl (C=O) groups is 1. The smallest absolute Gasteiger partial charge is 0.221 e. The number of amides is 1. The molecule has 1 aromatic heterocycles. The molecule has 3 N–H and O–H groups in total. The summed E-state index contributed by atoms with van der Waals surface area (Å²) in [4.78, 5) is 13.8. The highest BCUT2D eigenvalue weighted by Crippen LogP contribution is 2.11. The number of thiophene rings is 1. The van der Waals surface area contributed by atoms with Gasteiger partial charge in [-0.25, -0.2) is 0 Å². The van der Waals surface area contributed by atoms with Crippen LogP contribution in [0, 0.1) is 0 Å². The number of nitrogens with zero attached hydrogens (tertiary/aromatic N) is 1. The first-order valence-corrected chi connectivity index (χ1v) is 7.29. The zero-order chi connectivity index (χ0) is 13.4.